The third-order valence-electron chi connectivity index (χ3n) is 3.15. The predicted molar refractivity (Wildman–Crippen MR) is 80.3 cm³/mol. The van der Waals surface area contributed by atoms with Crippen LogP contribution in [0.3, 0.4) is 0 Å². The fourth-order valence-electron chi connectivity index (χ4n) is 2.18. The standard InChI is InChI=1S/C16H12FN3O/c1-2-15(21)18-13-6-4-3-5-11(13)16-12-8-7-10(17)9-14(12)19-20-16/h2-9H,1H2,(H,18,21)(H,19,20). The van der Waals surface area contributed by atoms with Gasteiger partial charge in [-0.1, -0.05) is 24.8 Å². The van der Waals surface area contributed by atoms with Crippen LogP contribution in [-0.4, -0.2) is 16.1 Å². The van der Waals surface area contributed by atoms with E-state index in [2.05, 4.69) is 22.1 Å². The highest BCUT2D eigenvalue weighted by molar-refractivity contribution is 6.04. The number of carbonyl (C=O) groups is 1. The van der Waals surface area contributed by atoms with E-state index >= 15 is 0 Å². The van der Waals surface area contributed by atoms with Crippen LogP contribution in [0.4, 0.5) is 10.1 Å². The van der Waals surface area contributed by atoms with Gasteiger partial charge < -0.3 is 5.32 Å². The minimum Gasteiger partial charge on any atom is -0.322 e. The van der Waals surface area contributed by atoms with Crippen LogP contribution < -0.4 is 5.32 Å². The van der Waals surface area contributed by atoms with Gasteiger partial charge in [0, 0.05) is 10.9 Å². The van der Waals surface area contributed by atoms with Gasteiger partial charge in [0.25, 0.3) is 0 Å². The Bertz CT molecular complexity index is 838. The molecule has 1 heterocycles. The minimum absolute atomic E-state index is 0.298. The van der Waals surface area contributed by atoms with Crippen molar-refractivity contribution >= 4 is 22.5 Å². The maximum absolute atomic E-state index is 13.2. The van der Waals surface area contributed by atoms with E-state index < -0.39 is 0 Å². The van der Waals surface area contributed by atoms with Crippen molar-refractivity contribution in [2.45, 2.75) is 0 Å². The second-order valence-electron chi connectivity index (χ2n) is 4.50. The predicted octanol–water partition coefficient (Wildman–Crippen LogP) is 3.49. The molecular weight excluding hydrogens is 269 g/mol. The molecule has 0 aliphatic carbocycles. The van der Waals surface area contributed by atoms with Gasteiger partial charge in [-0.15, -0.1) is 0 Å². The van der Waals surface area contributed by atoms with Crippen molar-refractivity contribution in [1.82, 2.24) is 10.2 Å². The second kappa shape index (κ2) is 5.20. The van der Waals surface area contributed by atoms with Gasteiger partial charge in [0.15, 0.2) is 0 Å². The lowest BCUT2D eigenvalue weighted by Gasteiger charge is -2.08. The Morgan fingerprint density at radius 3 is 2.90 bits per heavy atom. The summed E-state index contributed by atoms with van der Waals surface area (Å²) in [5, 5.41) is 10.6. The highest BCUT2D eigenvalue weighted by Crippen LogP contribution is 2.32. The van der Waals surface area contributed by atoms with E-state index in [0.29, 0.717) is 16.9 Å². The molecule has 0 aliphatic heterocycles. The van der Waals surface area contributed by atoms with Gasteiger partial charge in [-0.05, 0) is 30.3 Å². The molecule has 0 fully saturated rings. The molecule has 3 aromatic rings. The van der Waals surface area contributed by atoms with Gasteiger partial charge in [-0.2, -0.15) is 5.10 Å². The van der Waals surface area contributed by atoms with Crippen molar-refractivity contribution in [2.24, 2.45) is 0 Å². The number of nitrogens with one attached hydrogen (secondary N) is 2. The number of anilines is 1. The second-order valence-corrected chi connectivity index (χ2v) is 4.50. The fourth-order valence-corrected chi connectivity index (χ4v) is 2.18. The van der Waals surface area contributed by atoms with E-state index in [-0.39, 0.29) is 11.7 Å². The van der Waals surface area contributed by atoms with E-state index in [4.69, 9.17) is 0 Å². The van der Waals surface area contributed by atoms with E-state index in [9.17, 15) is 9.18 Å². The Morgan fingerprint density at radius 1 is 1.29 bits per heavy atom. The van der Waals surface area contributed by atoms with Gasteiger partial charge in [0.05, 0.1) is 11.2 Å². The summed E-state index contributed by atoms with van der Waals surface area (Å²) in [4.78, 5) is 11.5. The molecular formula is C16H12FN3O. The van der Waals surface area contributed by atoms with Crippen LogP contribution in [0.5, 0.6) is 0 Å². The maximum Gasteiger partial charge on any atom is 0.247 e. The number of hydrogen-bond donors (Lipinski definition) is 2. The van der Waals surface area contributed by atoms with Crippen molar-refractivity contribution in [2.75, 3.05) is 5.32 Å². The summed E-state index contributed by atoms with van der Waals surface area (Å²) in [6.07, 6.45) is 1.20. The van der Waals surface area contributed by atoms with Crippen LogP contribution in [0.15, 0.2) is 55.1 Å². The molecule has 4 nitrogen and oxygen atoms in total. The number of rotatable bonds is 3. The molecule has 2 N–H and O–H groups in total. The number of para-hydroxylation sites is 1. The highest BCUT2D eigenvalue weighted by atomic mass is 19.1. The quantitative estimate of drug-likeness (QED) is 0.722. The van der Waals surface area contributed by atoms with E-state index in [0.717, 1.165) is 10.9 Å². The first-order valence-corrected chi connectivity index (χ1v) is 6.35. The first-order chi connectivity index (χ1) is 10.2. The number of amides is 1. The average molecular weight is 281 g/mol. The lowest BCUT2D eigenvalue weighted by molar-refractivity contribution is -0.111. The number of hydrogen-bond acceptors (Lipinski definition) is 2. The number of benzene rings is 2. The zero-order valence-electron chi connectivity index (χ0n) is 11.1. The van der Waals surface area contributed by atoms with Gasteiger partial charge in [-0.25, -0.2) is 4.39 Å². The van der Waals surface area contributed by atoms with E-state index in [1.807, 2.05) is 18.2 Å². The monoisotopic (exact) mass is 281 g/mol. The first kappa shape index (κ1) is 13.1. The Labute approximate surface area is 120 Å². The van der Waals surface area contributed by atoms with E-state index in [1.165, 1.54) is 18.2 Å². The SMILES string of the molecule is C=CC(=O)Nc1ccccc1-c1n[nH]c2cc(F)ccc12. The number of carbonyl (C=O) groups excluding carboxylic acids is 1. The lowest BCUT2D eigenvalue weighted by atomic mass is 10.1. The van der Waals surface area contributed by atoms with Crippen molar-refractivity contribution in [1.29, 1.82) is 0 Å². The van der Waals surface area contributed by atoms with Crippen LogP contribution in [0.1, 0.15) is 0 Å². The topological polar surface area (TPSA) is 57.8 Å². The largest absolute Gasteiger partial charge is 0.322 e. The Kier molecular flexibility index (Phi) is 3.23. The van der Waals surface area contributed by atoms with Gasteiger partial charge >= 0.3 is 0 Å². The summed E-state index contributed by atoms with van der Waals surface area (Å²) in [5.74, 6) is -0.626. The molecule has 0 unspecified atom stereocenters. The van der Waals surface area contributed by atoms with Crippen molar-refractivity contribution < 1.29 is 9.18 Å². The van der Waals surface area contributed by atoms with Gasteiger partial charge in [-0.3, -0.25) is 9.89 Å². The molecule has 104 valence electrons. The average Bonchev–Trinajstić information content (AvgIpc) is 2.90. The fraction of sp³-hybridized carbons (Fsp3) is 0. The molecule has 21 heavy (non-hydrogen) atoms. The van der Waals surface area contributed by atoms with Crippen LogP contribution in [-0.2, 0) is 4.79 Å². The zero-order valence-corrected chi connectivity index (χ0v) is 11.1. The minimum atomic E-state index is -0.328. The van der Waals surface area contributed by atoms with Crippen molar-refractivity contribution in [3.8, 4) is 11.3 Å². The number of aromatic amines is 1. The molecule has 2 aromatic carbocycles. The first-order valence-electron chi connectivity index (χ1n) is 6.35. The number of fused-ring (bicyclic) bond motifs is 1. The molecule has 0 saturated heterocycles. The molecule has 1 aromatic heterocycles. The molecule has 0 bridgehead atoms. The summed E-state index contributed by atoms with van der Waals surface area (Å²) in [5.41, 5.74) is 2.64. The smallest absolute Gasteiger partial charge is 0.247 e. The summed E-state index contributed by atoms with van der Waals surface area (Å²) < 4.78 is 13.2. The molecule has 0 aliphatic rings. The highest BCUT2D eigenvalue weighted by Gasteiger charge is 2.13. The summed E-state index contributed by atoms with van der Waals surface area (Å²) in [7, 11) is 0. The molecule has 5 heteroatoms. The lowest BCUT2D eigenvalue weighted by Crippen LogP contribution is -2.08. The number of aromatic nitrogens is 2. The molecule has 0 atom stereocenters. The molecule has 1 amide bonds. The van der Waals surface area contributed by atoms with Crippen LogP contribution >= 0.6 is 0 Å². The summed E-state index contributed by atoms with van der Waals surface area (Å²) >= 11 is 0. The summed E-state index contributed by atoms with van der Waals surface area (Å²) in [6.45, 7) is 3.43. The van der Waals surface area contributed by atoms with Gasteiger partial charge in [0.1, 0.15) is 11.5 Å². The Hall–Kier alpha value is -2.95. The maximum atomic E-state index is 13.2. The number of H-pyrrole nitrogens is 1. The van der Waals surface area contributed by atoms with Crippen molar-refractivity contribution in [3.05, 3.63) is 60.9 Å². The molecule has 3 rings (SSSR count). The third-order valence-corrected chi connectivity index (χ3v) is 3.15. The van der Waals surface area contributed by atoms with E-state index in [1.54, 1.807) is 12.1 Å². The van der Waals surface area contributed by atoms with Crippen LogP contribution in [0, 0.1) is 5.82 Å². The Morgan fingerprint density at radius 2 is 2.10 bits per heavy atom. The third kappa shape index (κ3) is 2.41. The molecule has 0 radical (unpaired) electrons. The Balaban J connectivity index is 2.14. The van der Waals surface area contributed by atoms with Gasteiger partial charge in [0.2, 0.25) is 5.91 Å². The summed E-state index contributed by atoms with van der Waals surface area (Å²) in [6, 6.07) is 11.7. The molecule has 0 saturated carbocycles. The zero-order chi connectivity index (χ0) is 14.8. The number of nitrogens with zero attached hydrogens (tertiary/aromatic N) is 1. The van der Waals surface area contributed by atoms with Crippen molar-refractivity contribution in [3.63, 3.8) is 0 Å². The molecule has 0 spiro atoms. The number of halogens is 1. The van der Waals surface area contributed by atoms with Crippen LogP contribution in [0.2, 0.25) is 0 Å². The normalized spacial score (nSPS) is 10.5. The van der Waals surface area contributed by atoms with Crippen LogP contribution in [0.25, 0.3) is 22.2 Å².